The van der Waals surface area contributed by atoms with Crippen LogP contribution in [0, 0.1) is 0 Å². The quantitative estimate of drug-likeness (QED) is 0.667. The van der Waals surface area contributed by atoms with Crippen LogP contribution in [0.4, 0.5) is 8.78 Å². The minimum Gasteiger partial charge on any atom is -0.469 e. The Kier molecular flexibility index (Phi) is 4.62. The van der Waals surface area contributed by atoms with Gasteiger partial charge in [-0.3, -0.25) is 9.59 Å². The first-order valence-corrected chi connectivity index (χ1v) is 5.19. The van der Waals surface area contributed by atoms with Crippen LogP contribution in [0.2, 0.25) is 0 Å². The van der Waals surface area contributed by atoms with Crippen LogP contribution in [0.3, 0.4) is 0 Å². The van der Waals surface area contributed by atoms with E-state index >= 15 is 0 Å². The van der Waals surface area contributed by atoms with Crippen molar-refractivity contribution in [2.45, 2.75) is 18.7 Å². The summed E-state index contributed by atoms with van der Waals surface area (Å²) >= 11 is 5.49. The number of alkyl halides is 3. The van der Waals surface area contributed by atoms with Crippen LogP contribution in [-0.4, -0.2) is 18.1 Å². The number of methoxy groups -OCH3 is 1. The number of nitrogens with one attached hydrogen (secondary N) is 1. The number of esters is 1. The van der Waals surface area contributed by atoms with E-state index in [1.165, 1.54) is 13.2 Å². The molecule has 1 rings (SSSR count). The van der Waals surface area contributed by atoms with E-state index in [0.29, 0.717) is 0 Å². The molecule has 0 saturated carbocycles. The zero-order valence-electron chi connectivity index (χ0n) is 8.93. The van der Waals surface area contributed by atoms with E-state index in [1.807, 2.05) is 0 Å². The zero-order chi connectivity index (χ0) is 13.0. The van der Waals surface area contributed by atoms with E-state index in [9.17, 15) is 18.4 Å². The summed E-state index contributed by atoms with van der Waals surface area (Å²) in [5, 5.41) is 0. The Morgan fingerprint density at radius 1 is 1.59 bits per heavy atom. The minimum absolute atomic E-state index is 0.0179. The first-order valence-electron chi connectivity index (χ1n) is 4.65. The summed E-state index contributed by atoms with van der Waals surface area (Å²) in [6.07, 6.45) is -3.10. The Bertz CT molecular complexity index is 473. The molecule has 94 valence electrons. The van der Waals surface area contributed by atoms with Crippen LogP contribution in [0.15, 0.2) is 10.9 Å². The smallest absolute Gasteiger partial charge is 0.311 e. The second-order valence-electron chi connectivity index (χ2n) is 3.25. The molecule has 1 heterocycles. The third kappa shape index (κ3) is 3.26. The molecular weight excluding hydrogens is 256 g/mol. The van der Waals surface area contributed by atoms with Gasteiger partial charge in [0.2, 0.25) is 0 Å². The van der Waals surface area contributed by atoms with Crippen LogP contribution in [0.5, 0.6) is 0 Å². The van der Waals surface area contributed by atoms with E-state index < -0.39 is 23.5 Å². The fourth-order valence-corrected chi connectivity index (χ4v) is 1.58. The lowest BCUT2D eigenvalue weighted by molar-refractivity contribution is -0.139. The number of halogens is 3. The van der Waals surface area contributed by atoms with E-state index in [0.717, 1.165) is 0 Å². The predicted molar refractivity (Wildman–Crippen MR) is 57.3 cm³/mol. The Morgan fingerprint density at radius 3 is 2.71 bits per heavy atom. The van der Waals surface area contributed by atoms with Gasteiger partial charge in [0, 0.05) is 11.6 Å². The Hall–Kier alpha value is -1.43. The molecule has 1 N–H and O–H groups in total. The van der Waals surface area contributed by atoms with Gasteiger partial charge in [0.15, 0.2) is 0 Å². The van der Waals surface area contributed by atoms with Gasteiger partial charge in [-0.2, -0.15) is 0 Å². The SMILES string of the molecule is COC(=O)Cc1cc(CCl)c(C(F)F)c(=O)[nH]1. The molecule has 0 aliphatic heterocycles. The number of carbonyl (C=O) groups is 1. The van der Waals surface area contributed by atoms with E-state index in [4.69, 9.17) is 11.6 Å². The number of pyridine rings is 1. The third-order valence-electron chi connectivity index (χ3n) is 2.14. The number of hydrogen-bond donors (Lipinski definition) is 1. The summed E-state index contributed by atoms with van der Waals surface area (Å²) in [6, 6.07) is 1.27. The maximum atomic E-state index is 12.6. The van der Waals surface area contributed by atoms with Crippen LogP contribution in [0.25, 0.3) is 0 Å². The number of aromatic nitrogens is 1. The third-order valence-corrected chi connectivity index (χ3v) is 2.43. The monoisotopic (exact) mass is 265 g/mol. The van der Waals surface area contributed by atoms with Crippen molar-refractivity contribution in [3.8, 4) is 0 Å². The summed E-state index contributed by atoms with van der Waals surface area (Å²) in [5.74, 6) is -0.802. The molecule has 0 amide bonds. The number of H-pyrrole nitrogens is 1. The van der Waals surface area contributed by atoms with Gasteiger partial charge in [0.1, 0.15) is 0 Å². The summed E-state index contributed by atoms with van der Waals surface area (Å²) in [7, 11) is 1.19. The van der Waals surface area contributed by atoms with Crippen LogP contribution in [-0.2, 0) is 21.8 Å². The molecule has 0 atom stereocenters. The van der Waals surface area contributed by atoms with Crippen LogP contribution >= 0.6 is 11.6 Å². The van der Waals surface area contributed by atoms with Crippen molar-refractivity contribution in [1.82, 2.24) is 4.98 Å². The van der Waals surface area contributed by atoms with Crippen molar-refractivity contribution in [2.75, 3.05) is 7.11 Å². The normalized spacial score (nSPS) is 10.6. The highest BCUT2D eigenvalue weighted by Gasteiger charge is 2.18. The molecule has 4 nitrogen and oxygen atoms in total. The van der Waals surface area contributed by atoms with Gasteiger partial charge >= 0.3 is 5.97 Å². The first-order chi connectivity index (χ1) is 7.99. The van der Waals surface area contributed by atoms with Crippen molar-refractivity contribution in [3.05, 3.63) is 33.2 Å². The molecule has 0 aliphatic rings. The molecule has 0 aliphatic carbocycles. The zero-order valence-corrected chi connectivity index (χ0v) is 9.68. The first kappa shape index (κ1) is 13.6. The van der Waals surface area contributed by atoms with Crippen molar-refractivity contribution in [3.63, 3.8) is 0 Å². The standard InChI is InChI=1S/C10H10ClF2NO3/c1-17-7(15)3-6-2-5(4-11)8(9(12)13)10(16)14-6/h2,9H,3-4H2,1H3,(H,14,16). The van der Waals surface area contributed by atoms with Crippen molar-refractivity contribution in [2.24, 2.45) is 0 Å². The molecule has 0 bridgehead atoms. The van der Waals surface area contributed by atoms with Crippen LogP contribution < -0.4 is 5.56 Å². The second-order valence-corrected chi connectivity index (χ2v) is 3.52. The predicted octanol–water partition coefficient (Wildman–Crippen LogP) is 1.77. The Morgan fingerprint density at radius 2 is 2.24 bits per heavy atom. The Labute approximate surface area is 101 Å². The average molecular weight is 266 g/mol. The fourth-order valence-electron chi connectivity index (χ4n) is 1.36. The highest BCUT2D eigenvalue weighted by Crippen LogP contribution is 2.21. The number of rotatable bonds is 4. The summed E-state index contributed by atoms with van der Waals surface area (Å²) in [5.41, 5.74) is -1.38. The van der Waals surface area contributed by atoms with Crippen molar-refractivity contribution in [1.29, 1.82) is 0 Å². The molecule has 0 unspecified atom stereocenters. The van der Waals surface area contributed by atoms with Crippen molar-refractivity contribution >= 4 is 17.6 Å². The van der Waals surface area contributed by atoms with E-state index in [2.05, 4.69) is 9.72 Å². The summed E-state index contributed by atoms with van der Waals surface area (Å²) in [6.45, 7) is 0. The molecule has 0 spiro atoms. The van der Waals surface area contributed by atoms with Gasteiger partial charge in [-0.25, -0.2) is 8.78 Å². The van der Waals surface area contributed by atoms with Gasteiger partial charge in [0.05, 0.1) is 19.1 Å². The van der Waals surface area contributed by atoms with Gasteiger partial charge in [0.25, 0.3) is 12.0 Å². The lowest BCUT2D eigenvalue weighted by atomic mass is 10.1. The molecule has 1 aromatic heterocycles. The maximum absolute atomic E-state index is 12.6. The lowest BCUT2D eigenvalue weighted by Crippen LogP contribution is -2.19. The summed E-state index contributed by atoms with van der Waals surface area (Å²) < 4.78 is 29.5. The van der Waals surface area contributed by atoms with Gasteiger partial charge in [-0.05, 0) is 11.6 Å². The van der Waals surface area contributed by atoms with Gasteiger partial charge in [-0.15, -0.1) is 11.6 Å². The van der Waals surface area contributed by atoms with Gasteiger partial charge < -0.3 is 9.72 Å². The maximum Gasteiger partial charge on any atom is 0.311 e. The highest BCUT2D eigenvalue weighted by atomic mass is 35.5. The second kappa shape index (κ2) is 5.77. The van der Waals surface area contributed by atoms with Gasteiger partial charge in [-0.1, -0.05) is 0 Å². The molecule has 0 saturated heterocycles. The number of carbonyl (C=O) groups excluding carboxylic acids is 1. The van der Waals surface area contributed by atoms with Crippen LogP contribution in [0.1, 0.15) is 23.2 Å². The molecule has 1 aromatic rings. The molecule has 0 aromatic carbocycles. The molecule has 7 heteroatoms. The van der Waals surface area contributed by atoms with E-state index in [1.54, 1.807) is 0 Å². The highest BCUT2D eigenvalue weighted by molar-refractivity contribution is 6.17. The fraction of sp³-hybridized carbons (Fsp3) is 0.400. The summed E-state index contributed by atoms with van der Waals surface area (Å²) in [4.78, 5) is 24.6. The van der Waals surface area contributed by atoms with Crippen molar-refractivity contribution < 1.29 is 18.3 Å². The lowest BCUT2D eigenvalue weighted by Gasteiger charge is -2.07. The number of hydrogen-bond acceptors (Lipinski definition) is 3. The topological polar surface area (TPSA) is 59.2 Å². The number of ether oxygens (including phenoxy) is 1. The average Bonchev–Trinajstić information content (AvgIpc) is 2.27. The Balaban J connectivity index is 3.18. The number of aromatic amines is 1. The van der Waals surface area contributed by atoms with E-state index in [-0.39, 0.29) is 23.6 Å². The molecule has 0 radical (unpaired) electrons. The minimum atomic E-state index is -2.90. The molecular formula is C10H10ClF2NO3. The largest absolute Gasteiger partial charge is 0.469 e. The molecule has 0 fully saturated rings. The molecule has 17 heavy (non-hydrogen) atoms.